The predicted molar refractivity (Wildman–Crippen MR) is 74.2 cm³/mol. The van der Waals surface area contributed by atoms with Crippen molar-refractivity contribution in [3.8, 4) is 0 Å². The molecule has 0 saturated carbocycles. The molecule has 0 spiro atoms. The Morgan fingerprint density at radius 3 is 2.63 bits per heavy atom. The third-order valence-corrected chi connectivity index (χ3v) is 3.13. The van der Waals surface area contributed by atoms with Gasteiger partial charge in [0.25, 0.3) is 5.91 Å². The van der Waals surface area contributed by atoms with Gasteiger partial charge in [0.05, 0.1) is 12.4 Å². The highest BCUT2D eigenvalue weighted by Crippen LogP contribution is 2.11. The molecule has 0 aliphatic carbocycles. The largest absolute Gasteiger partial charge is 0.368 e. The van der Waals surface area contributed by atoms with Gasteiger partial charge in [0.15, 0.2) is 0 Å². The van der Waals surface area contributed by atoms with E-state index in [2.05, 4.69) is 20.2 Å². The molecule has 2 heterocycles. The number of hydrogen-bond acceptors (Lipinski definition) is 5. The summed E-state index contributed by atoms with van der Waals surface area (Å²) in [5, 5.41) is 3.17. The van der Waals surface area contributed by atoms with E-state index in [4.69, 9.17) is 0 Å². The molecule has 1 fully saturated rings. The van der Waals surface area contributed by atoms with E-state index in [0.717, 1.165) is 39.0 Å². The second kappa shape index (κ2) is 6.47. The fourth-order valence-corrected chi connectivity index (χ4v) is 2.02. The summed E-state index contributed by atoms with van der Waals surface area (Å²) in [4.78, 5) is 24.4. The van der Waals surface area contributed by atoms with Crippen molar-refractivity contribution in [3.05, 3.63) is 18.1 Å². The van der Waals surface area contributed by atoms with E-state index >= 15 is 0 Å². The van der Waals surface area contributed by atoms with Crippen LogP contribution in [0.3, 0.4) is 0 Å². The number of anilines is 1. The van der Waals surface area contributed by atoms with Crippen LogP contribution in [-0.4, -0.2) is 65.9 Å². The number of carbonyl (C=O) groups is 1. The molecule has 0 bridgehead atoms. The number of nitrogens with one attached hydrogen (secondary N) is 1. The van der Waals surface area contributed by atoms with Crippen molar-refractivity contribution >= 4 is 11.7 Å². The van der Waals surface area contributed by atoms with Crippen molar-refractivity contribution in [2.45, 2.75) is 12.8 Å². The van der Waals surface area contributed by atoms with Crippen LogP contribution in [-0.2, 0) is 0 Å². The summed E-state index contributed by atoms with van der Waals surface area (Å²) in [6.07, 6.45) is 5.35. The Labute approximate surface area is 113 Å². The molecular weight excluding hydrogens is 242 g/mol. The standard InChI is InChI=1S/C13H21N5O/c1-17(2)8-5-14-12-10-15-11(9-16-12)13(19)18-6-3-4-7-18/h9-10H,3-8H2,1-2H3,(H,14,16). The quantitative estimate of drug-likeness (QED) is 0.846. The van der Waals surface area contributed by atoms with Gasteiger partial charge in [0.1, 0.15) is 11.5 Å². The molecule has 0 unspecified atom stereocenters. The summed E-state index contributed by atoms with van der Waals surface area (Å²) >= 11 is 0. The number of hydrogen-bond donors (Lipinski definition) is 1. The SMILES string of the molecule is CN(C)CCNc1cnc(C(=O)N2CCCC2)cn1. The smallest absolute Gasteiger partial charge is 0.274 e. The Morgan fingerprint density at radius 1 is 1.32 bits per heavy atom. The Morgan fingerprint density at radius 2 is 2.05 bits per heavy atom. The van der Waals surface area contributed by atoms with Crippen LogP contribution in [0.15, 0.2) is 12.4 Å². The highest BCUT2D eigenvalue weighted by Gasteiger charge is 2.20. The van der Waals surface area contributed by atoms with Crippen LogP contribution in [0.5, 0.6) is 0 Å². The molecule has 1 amide bonds. The topological polar surface area (TPSA) is 61.4 Å². The molecule has 0 atom stereocenters. The minimum Gasteiger partial charge on any atom is -0.368 e. The summed E-state index contributed by atoms with van der Waals surface area (Å²) in [6, 6.07) is 0. The first-order chi connectivity index (χ1) is 9.16. The number of aromatic nitrogens is 2. The zero-order chi connectivity index (χ0) is 13.7. The Kier molecular flexibility index (Phi) is 4.68. The Balaban J connectivity index is 1.88. The number of rotatable bonds is 5. The molecule has 104 valence electrons. The zero-order valence-electron chi connectivity index (χ0n) is 11.6. The summed E-state index contributed by atoms with van der Waals surface area (Å²) < 4.78 is 0. The van der Waals surface area contributed by atoms with Crippen molar-refractivity contribution in [2.75, 3.05) is 45.6 Å². The molecule has 1 N–H and O–H groups in total. The monoisotopic (exact) mass is 263 g/mol. The second-order valence-electron chi connectivity index (χ2n) is 5.02. The summed E-state index contributed by atoms with van der Waals surface area (Å²) in [6.45, 7) is 3.41. The van der Waals surface area contributed by atoms with Crippen molar-refractivity contribution in [1.82, 2.24) is 19.8 Å². The van der Waals surface area contributed by atoms with Crippen molar-refractivity contribution in [3.63, 3.8) is 0 Å². The minimum absolute atomic E-state index is 0.00941. The number of nitrogens with zero attached hydrogens (tertiary/aromatic N) is 4. The van der Waals surface area contributed by atoms with Gasteiger partial charge >= 0.3 is 0 Å². The van der Waals surface area contributed by atoms with Gasteiger partial charge in [-0.1, -0.05) is 0 Å². The lowest BCUT2D eigenvalue weighted by atomic mass is 10.4. The van der Waals surface area contributed by atoms with Gasteiger partial charge in [-0.05, 0) is 26.9 Å². The van der Waals surface area contributed by atoms with E-state index < -0.39 is 0 Å². The van der Waals surface area contributed by atoms with Crippen LogP contribution >= 0.6 is 0 Å². The highest BCUT2D eigenvalue weighted by molar-refractivity contribution is 5.92. The van der Waals surface area contributed by atoms with E-state index in [0.29, 0.717) is 11.5 Å². The molecular formula is C13H21N5O. The van der Waals surface area contributed by atoms with Crippen LogP contribution in [0.1, 0.15) is 23.3 Å². The van der Waals surface area contributed by atoms with E-state index in [-0.39, 0.29) is 5.91 Å². The molecule has 1 saturated heterocycles. The number of likely N-dealkylation sites (tertiary alicyclic amines) is 1. The van der Waals surface area contributed by atoms with Gasteiger partial charge in [0, 0.05) is 26.2 Å². The highest BCUT2D eigenvalue weighted by atomic mass is 16.2. The number of likely N-dealkylation sites (N-methyl/N-ethyl adjacent to an activating group) is 1. The van der Waals surface area contributed by atoms with Crippen LogP contribution in [0.25, 0.3) is 0 Å². The second-order valence-corrected chi connectivity index (χ2v) is 5.02. The van der Waals surface area contributed by atoms with Gasteiger partial charge in [-0.2, -0.15) is 0 Å². The Bertz CT molecular complexity index is 412. The third-order valence-electron chi connectivity index (χ3n) is 3.13. The molecule has 1 aromatic rings. The first-order valence-electron chi connectivity index (χ1n) is 6.67. The van der Waals surface area contributed by atoms with Gasteiger partial charge in [-0.25, -0.2) is 9.97 Å². The lowest BCUT2D eigenvalue weighted by molar-refractivity contribution is 0.0786. The van der Waals surface area contributed by atoms with Crippen molar-refractivity contribution < 1.29 is 4.79 Å². The maximum atomic E-state index is 12.1. The van der Waals surface area contributed by atoms with E-state index in [1.54, 1.807) is 12.4 Å². The Hall–Kier alpha value is -1.69. The first-order valence-corrected chi connectivity index (χ1v) is 6.67. The fourth-order valence-electron chi connectivity index (χ4n) is 2.02. The van der Waals surface area contributed by atoms with Crippen LogP contribution in [0.4, 0.5) is 5.82 Å². The van der Waals surface area contributed by atoms with Gasteiger partial charge in [-0.15, -0.1) is 0 Å². The average Bonchev–Trinajstić information content (AvgIpc) is 2.92. The van der Waals surface area contributed by atoms with Gasteiger partial charge in [-0.3, -0.25) is 4.79 Å². The maximum absolute atomic E-state index is 12.1. The van der Waals surface area contributed by atoms with Crippen LogP contribution in [0.2, 0.25) is 0 Å². The van der Waals surface area contributed by atoms with E-state index in [1.807, 2.05) is 19.0 Å². The zero-order valence-corrected chi connectivity index (χ0v) is 11.6. The molecule has 2 rings (SSSR count). The predicted octanol–water partition coefficient (Wildman–Crippen LogP) is 0.686. The summed E-state index contributed by atoms with van der Waals surface area (Å²) in [5.74, 6) is 0.699. The van der Waals surface area contributed by atoms with E-state index in [9.17, 15) is 4.79 Å². The molecule has 1 aromatic heterocycles. The molecule has 1 aliphatic heterocycles. The molecule has 6 heteroatoms. The maximum Gasteiger partial charge on any atom is 0.274 e. The third kappa shape index (κ3) is 3.89. The summed E-state index contributed by atoms with van der Waals surface area (Å²) in [7, 11) is 4.04. The number of amides is 1. The molecule has 0 radical (unpaired) electrons. The minimum atomic E-state index is -0.00941. The number of carbonyl (C=O) groups excluding carboxylic acids is 1. The van der Waals surface area contributed by atoms with Gasteiger partial charge in [0.2, 0.25) is 0 Å². The lowest BCUT2D eigenvalue weighted by Crippen LogP contribution is -2.28. The lowest BCUT2D eigenvalue weighted by Gasteiger charge is -2.14. The van der Waals surface area contributed by atoms with E-state index in [1.165, 1.54) is 0 Å². The first kappa shape index (κ1) is 13.7. The van der Waals surface area contributed by atoms with Crippen LogP contribution in [0, 0.1) is 0 Å². The molecule has 1 aliphatic rings. The normalized spacial score (nSPS) is 15.0. The fraction of sp³-hybridized carbons (Fsp3) is 0.615. The molecule has 6 nitrogen and oxygen atoms in total. The average molecular weight is 263 g/mol. The summed E-state index contributed by atoms with van der Waals surface area (Å²) in [5.41, 5.74) is 0.431. The van der Waals surface area contributed by atoms with Crippen LogP contribution < -0.4 is 5.32 Å². The van der Waals surface area contributed by atoms with Crippen molar-refractivity contribution in [1.29, 1.82) is 0 Å². The molecule has 19 heavy (non-hydrogen) atoms. The van der Waals surface area contributed by atoms with Gasteiger partial charge < -0.3 is 15.1 Å². The molecule has 0 aromatic carbocycles. The van der Waals surface area contributed by atoms with Crippen molar-refractivity contribution in [2.24, 2.45) is 0 Å².